The molecule has 2 atom stereocenters. The standard InChI is InChI=1S/C11H15N3S2/c1-7-3-4-9(15-7)10(8(2)12)16-11-13-5-6-14-11/h3-6,8,10H,12H2,1-2H3,(H,13,14). The van der Waals surface area contributed by atoms with Gasteiger partial charge in [-0.15, -0.1) is 11.3 Å². The molecule has 0 saturated heterocycles. The molecular weight excluding hydrogens is 238 g/mol. The lowest BCUT2D eigenvalue weighted by Crippen LogP contribution is -2.21. The second-order valence-corrected chi connectivity index (χ2v) is 6.19. The van der Waals surface area contributed by atoms with Crippen LogP contribution in [-0.4, -0.2) is 16.0 Å². The van der Waals surface area contributed by atoms with Gasteiger partial charge in [-0.1, -0.05) is 11.8 Å². The molecule has 16 heavy (non-hydrogen) atoms. The number of nitrogens with one attached hydrogen (secondary N) is 1. The van der Waals surface area contributed by atoms with E-state index in [1.54, 1.807) is 29.3 Å². The van der Waals surface area contributed by atoms with Crippen molar-refractivity contribution in [1.29, 1.82) is 0 Å². The SMILES string of the molecule is Cc1ccc(C(Sc2ncc[nH]2)C(C)N)s1. The van der Waals surface area contributed by atoms with Gasteiger partial charge in [0.05, 0.1) is 5.25 Å². The molecule has 2 aromatic heterocycles. The largest absolute Gasteiger partial charge is 0.340 e. The van der Waals surface area contributed by atoms with Gasteiger partial charge in [-0.2, -0.15) is 0 Å². The van der Waals surface area contributed by atoms with Gasteiger partial charge in [-0.05, 0) is 26.0 Å². The summed E-state index contributed by atoms with van der Waals surface area (Å²) in [5.41, 5.74) is 6.04. The number of nitrogens with zero attached hydrogens (tertiary/aromatic N) is 1. The van der Waals surface area contributed by atoms with Crippen molar-refractivity contribution in [3.05, 3.63) is 34.3 Å². The molecule has 0 amide bonds. The van der Waals surface area contributed by atoms with Gasteiger partial charge in [0.25, 0.3) is 0 Å². The zero-order valence-corrected chi connectivity index (χ0v) is 10.9. The first-order chi connectivity index (χ1) is 7.66. The fourth-order valence-electron chi connectivity index (χ4n) is 1.47. The quantitative estimate of drug-likeness (QED) is 0.824. The van der Waals surface area contributed by atoms with Crippen molar-refractivity contribution in [1.82, 2.24) is 9.97 Å². The summed E-state index contributed by atoms with van der Waals surface area (Å²) in [5.74, 6) is 0. The number of H-pyrrole nitrogens is 1. The van der Waals surface area contributed by atoms with Crippen LogP contribution in [0, 0.1) is 6.92 Å². The van der Waals surface area contributed by atoms with E-state index in [-0.39, 0.29) is 11.3 Å². The van der Waals surface area contributed by atoms with Crippen molar-refractivity contribution >= 4 is 23.1 Å². The molecule has 0 aromatic carbocycles. The van der Waals surface area contributed by atoms with E-state index in [2.05, 4.69) is 29.0 Å². The molecule has 0 fully saturated rings. The summed E-state index contributed by atoms with van der Waals surface area (Å²) in [4.78, 5) is 9.96. The second kappa shape index (κ2) is 5.03. The first-order valence-electron chi connectivity index (χ1n) is 5.15. The molecule has 0 spiro atoms. The van der Waals surface area contributed by atoms with E-state index >= 15 is 0 Å². The highest BCUT2D eigenvalue weighted by Gasteiger charge is 2.20. The van der Waals surface area contributed by atoms with Crippen LogP contribution >= 0.6 is 23.1 Å². The van der Waals surface area contributed by atoms with Crippen molar-refractivity contribution in [3.63, 3.8) is 0 Å². The summed E-state index contributed by atoms with van der Waals surface area (Å²) in [7, 11) is 0. The molecule has 2 unspecified atom stereocenters. The minimum absolute atomic E-state index is 0.105. The Kier molecular flexibility index (Phi) is 3.68. The summed E-state index contributed by atoms with van der Waals surface area (Å²) < 4.78 is 0. The number of thiophene rings is 1. The molecule has 5 heteroatoms. The van der Waals surface area contributed by atoms with Gasteiger partial charge in [0.2, 0.25) is 0 Å². The fourth-order valence-corrected chi connectivity index (χ4v) is 3.64. The first kappa shape index (κ1) is 11.7. The van der Waals surface area contributed by atoms with E-state index in [9.17, 15) is 0 Å². The van der Waals surface area contributed by atoms with Crippen LogP contribution in [0.1, 0.15) is 21.9 Å². The van der Waals surface area contributed by atoms with Crippen molar-refractivity contribution in [3.8, 4) is 0 Å². The van der Waals surface area contributed by atoms with Crippen LogP contribution in [0.25, 0.3) is 0 Å². The van der Waals surface area contributed by atoms with Crippen LogP contribution in [-0.2, 0) is 0 Å². The van der Waals surface area contributed by atoms with E-state index in [1.165, 1.54) is 9.75 Å². The summed E-state index contributed by atoms with van der Waals surface area (Å²) in [5, 5.41) is 1.19. The average molecular weight is 253 g/mol. The van der Waals surface area contributed by atoms with E-state index in [0.717, 1.165) is 5.16 Å². The smallest absolute Gasteiger partial charge is 0.165 e. The summed E-state index contributed by atoms with van der Waals surface area (Å²) in [6.45, 7) is 4.15. The molecule has 3 N–H and O–H groups in total. The highest BCUT2D eigenvalue weighted by atomic mass is 32.2. The van der Waals surface area contributed by atoms with Crippen LogP contribution in [0.3, 0.4) is 0 Å². The molecule has 2 aromatic rings. The number of hydrogen-bond acceptors (Lipinski definition) is 4. The molecule has 0 aliphatic carbocycles. The molecule has 0 radical (unpaired) electrons. The van der Waals surface area contributed by atoms with E-state index in [0.29, 0.717) is 0 Å². The van der Waals surface area contributed by atoms with Crippen LogP contribution in [0.2, 0.25) is 0 Å². The van der Waals surface area contributed by atoms with Crippen molar-refractivity contribution < 1.29 is 0 Å². The lowest BCUT2D eigenvalue weighted by molar-refractivity contribution is 0.727. The molecule has 86 valence electrons. The molecule has 2 heterocycles. The number of hydrogen-bond donors (Lipinski definition) is 2. The number of rotatable bonds is 4. The molecular formula is C11H15N3S2. The molecule has 0 saturated carbocycles. The first-order valence-corrected chi connectivity index (χ1v) is 6.84. The Hall–Kier alpha value is -0.780. The Labute approximate surface area is 103 Å². The normalized spacial score (nSPS) is 14.9. The van der Waals surface area contributed by atoms with Gasteiger partial charge >= 0.3 is 0 Å². The Balaban J connectivity index is 2.18. The van der Waals surface area contributed by atoms with Gasteiger partial charge in [-0.25, -0.2) is 4.98 Å². The van der Waals surface area contributed by atoms with E-state index in [4.69, 9.17) is 5.73 Å². The van der Waals surface area contributed by atoms with E-state index in [1.807, 2.05) is 13.1 Å². The predicted octanol–water partition coefficient (Wildman–Crippen LogP) is 2.96. The zero-order valence-electron chi connectivity index (χ0n) is 9.31. The van der Waals surface area contributed by atoms with Gasteiger partial charge in [0.1, 0.15) is 0 Å². The average Bonchev–Trinajstić information content (AvgIpc) is 2.84. The minimum atomic E-state index is 0.105. The number of imidazole rings is 1. The van der Waals surface area contributed by atoms with Crippen molar-refractivity contribution in [2.24, 2.45) is 5.73 Å². The minimum Gasteiger partial charge on any atom is -0.340 e. The lowest BCUT2D eigenvalue weighted by Gasteiger charge is -2.17. The molecule has 0 aliphatic rings. The predicted molar refractivity (Wildman–Crippen MR) is 69.9 cm³/mol. The Morgan fingerprint density at radius 1 is 1.50 bits per heavy atom. The topological polar surface area (TPSA) is 54.7 Å². The van der Waals surface area contributed by atoms with Crippen LogP contribution in [0.5, 0.6) is 0 Å². The maximum atomic E-state index is 6.04. The van der Waals surface area contributed by atoms with Gasteiger partial charge < -0.3 is 10.7 Å². The molecule has 0 bridgehead atoms. The lowest BCUT2D eigenvalue weighted by atomic mass is 10.2. The molecule has 2 rings (SSSR count). The van der Waals surface area contributed by atoms with Gasteiger partial charge in [-0.3, -0.25) is 0 Å². The summed E-state index contributed by atoms with van der Waals surface area (Å²) in [6.07, 6.45) is 3.60. The Bertz CT molecular complexity index is 434. The number of thioether (sulfide) groups is 1. The third-order valence-electron chi connectivity index (χ3n) is 2.23. The van der Waals surface area contributed by atoms with Gasteiger partial charge in [0.15, 0.2) is 5.16 Å². The monoisotopic (exact) mass is 253 g/mol. The summed E-state index contributed by atoms with van der Waals surface area (Å²) in [6, 6.07) is 4.40. The maximum absolute atomic E-state index is 6.04. The Morgan fingerprint density at radius 2 is 2.31 bits per heavy atom. The van der Waals surface area contributed by atoms with Crippen molar-refractivity contribution in [2.75, 3.05) is 0 Å². The third kappa shape index (κ3) is 2.66. The fraction of sp³-hybridized carbons (Fsp3) is 0.364. The number of aromatic amines is 1. The highest BCUT2D eigenvalue weighted by Crippen LogP contribution is 2.38. The van der Waals surface area contributed by atoms with Crippen LogP contribution < -0.4 is 5.73 Å². The Morgan fingerprint density at radius 3 is 2.81 bits per heavy atom. The van der Waals surface area contributed by atoms with Crippen LogP contribution in [0.4, 0.5) is 0 Å². The second-order valence-electron chi connectivity index (χ2n) is 3.74. The van der Waals surface area contributed by atoms with Gasteiger partial charge in [0, 0.05) is 28.2 Å². The summed E-state index contributed by atoms with van der Waals surface area (Å²) >= 11 is 3.49. The number of aromatic nitrogens is 2. The number of nitrogens with two attached hydrogens (primary N) is 1. The van der Waals surface area contributed by atoms with Crippen LogP contribution in [0.15, 0.2) is 29.7 Å². The third-order valence-corrected chi connectivity index (χ3v) is 4.85. The maximum Gasteiger partial charge on any atom is 0.165 e. The zero-order chi connectivity index (χ0) is 11.5. The number of aryl methyl sites for hydroxylation is 1. The highest BCUT2D eigenvalue weighted by molar-refractivity contribution is 7.99. The molecule has 0 aliphatic heterocycles. The molecule has 3 nitrogen and oxygen atoms in total. The van der Waals surface area contributed by atoms with E-state index < -0.39 is 0 Å². The van der Waals surface area contributed by atoms with Crippen molar-refractivity contribution in [2.45, 2.75) is 30.3 Å².